The zero-order valence-corrected chi connectivity index (χ0v) is 17.2. The quantitative estimate of drug-likeness (QED) is 0.703. The lowest BCUT2D eigenvalue weighted by Gasteiger charge is -2.54. The molecule has 0 radical (unpaired) electrons. The third kappa shape index (κ3) is 5.87. The van der Waals surface area contributed by atoms with E-state index in [9.17, 15) is 9.59 Å². The van der Waals surface area contributed by atoms with Crippen molar-refractivity contribution in [1.82, 2.24) is 4.90 Å². The number of carbonyl (C=O) groups is 2. The van der Waals surface area contributed by atoms with Crippen molar-refractivity contribution in [1.29, 1.82) is 0 Å². The topological polar surface area (TPSA) is 55.8 Å². The molecule has 0 saturated carbocycles. The summed E-state index contributed by atoms with van der Waals surface area (Å²) < 4.78 is 11.3. The van der Waals surface area contributed by atoms with Crippen LogP contribution in [0.3, 0.4) is 0 Å². The first-order valence-electron chi connectivity index (χ1n) is 8.50. The predicted octanol–water partition coefficient (Wildman–Crippen LogP) is 4.24. The number of nitrogens with zero attached hydrogens (tertiary/aromatic N) is 1. The van der Waals surface area contributed by atoms with E-state index in [2.05, 4.69) is 0 Å². The Kier molecular flexibility index (Phi) is 6.64. The molecule has 1 rings (SSSR count). The molecule has 0 unspecified atom stereocenters. The Balaban J connectivity index is 2.87. The average Bonchev–Trinajstić information content (AvgIpc) is 2.30. The molecule has 1 fully saturated rings. The Morgan fingerprint density at radius 1 is 1.12 bits per heavy atom. The van der Waals surface area contributed by atoms with Crippen LogP contribution in [0, 0.1) is 0 Å². The van der Waals surface area contributed by atoms with Crippen LogP contribution in [0.15, 0.2) is 0 Å². The summed E-state index contributed by atoms with van der Waals surface area (Å²) in [6, 6.07) is 0. The standard InChI is InChI=1S/C18H33NO4S/c1-16(2,3)23-15(21)19-17(4,5)11-13(12-18(19,6)7)22-14(20)9-10-24-8/h13H,9-12H2,1-8H3. The monoisotopic (exact) mass is 359 g/mol. The molecule has 0 aliphatic carbocycles. The van der Waals surface area contributed by atoms with Crippen molar-refractivity contribution in [2.45, 2.75) is 90.5 Å². The number of carbonyl (C=O) groups excluding carboxylic acids is 2. The molecule has 0 spiro atoms. The van der Waals surface area contributed by atoms with Crippen molar-refractivity contribution in [3.8, 4) is 0 Å². The van der Waals surface area contributed by atoms with Gasteiger partial charge in [0.15, 0.2) is 0 Å². The highest BCUT2D eigenvalue weighted by Crippen LogP contribution is 2.40. The summed E-state index contributed by atoms with van der Waals surface area (Å²) in [5.41, 5.74) is -1.44. The molecule has 1 heterocycles. The lowest BCUT2D eigenvalue weighted by atomic mass is 9.78. The predicted molar refractivity (Wildman–Crippen MR) is 98.3 cm³/mol. The Labute approximate surface area is 150 Å². The number of thioether (sulfide) groups is 1. The van der Waals surface area contributed by atoms with Crippen LogP contribution in [0.5, 0.6) is 0 Å². The van der Waals surface area contributed by atoms with Gasteiger partial charge in [-0.1, -0.05) is 0 Å². The smallest absolute Gasteiger partial charge is 0.411 e. The van der Waals surface area contributed by atoms with Gasteiger partial charge in [-0.2, -0.15) is 11.8 Å². The van der Waals surface area contributed by atoms with E-state index >= 15 is 0 Å². The van der Waals surface area contributed by atoms with Crippen molar-refractivity contribution in [2.24, 2.45) is 0 Å². The molecule has 0 aromatic carbocycles. The maximum absolute atomic E-state index is 12.7. The molecule has 0 aromatic heterocycles. The zero-order chi connectivity index (χ0) is 18.8. The van der Waals surface area contributed by atoms with Gasteiger partial charge in [0, 0.05) is 29.7 Å². The summed E-state index contributed by atoms with van der Waals surface area (Å²) in [5, 5.41) is 0. The summed E-state index contributed by atoms with van der Waals surface area (Å²) in [4.78, 5) is 26.5. The molecule has 0 atom stereocenters. The second-order valence-corrected chi connectivity index (χ2v) is 9.69. The van der Waals surface area contributed by atoms with E-state index in [1.165, 1.54) is 0 Å². The van der Waals surface area contributed by atoms with Crippen molar-refractivity contribution >= 4 is 23.8 Å². The molecule has 5 nitrogen and oxygen atoms in total. The molecule has 6 heteroatoms. The van der Waals surface area contributed by atoms with E-state index in [0.29, 0.717) is 19.3 Å². The molecule has 0 N–H and O–H groups in total. The first-order valence-corrected chi connectivity index (χ1v) is 9.90. The van der Waals surface area contributed by atoms with E-state index in [4.69, 9.17) is 9.47 Å². The number of hydrogen-bond donors (Lipinski definition) is 0. The number of piperidine rings is 1. The lowest BCUT2D eigenvalue weighted by molar-refractivity contribution is -0.158. The first-order chi connectivity index (χ1) is 10.8. The number of ether oxygens (including phenoxy) is 2. The van der Waals surface area contributed by atoms with Gasteiger partial charge in [0.25, 0.3) is 0 Å². The van der Waals surface area contributed by atoms with E-state index in [-0.39, 0.29) is 18.2 Å². The Morgan fingerprint density at radius 2 is 1.62 bits per heavy atom. The molecule has 1 saturated heterocycles. The number of esters is 1. The van der Waals surface area contributed by atoms with E-state index < -0.39 is 16.7 Å². The third-order valence-electron chi connectivity index (χ3n) is 4.05. The van der Waals surface area contributed by atoms with Crippen LogP contribution in [-0.4, -0.2) is 51.8 Å². The number of hydrogen-bond acceptors (Lipinski definition) is 5. The Morgan fingerprint density at radius 3 is 2.04 bits per heavy atom. The molecule has 140 valence electrons. The van der Waals surface area contributed by atoms with E-state index in [1.807, 2.05) is 54.7 Å². The van der Waals surface area contributed by atoms with Crippen LogP contribution in [0.1, 0.15) is 67.7 Å². The SMILES string of the molecule is CSCCC(=O)OC1CC(C)(C)N(C(=O)OC(C)(C)C)C(C)(C)C1. The minimum atomic E-state index is -0.537. The van der Waals surface area contributed by atoms with Crippen molar-refractivity contribution in [3.63, 3.8) is 0 Å². The fourth-order valence-electron chi connectivity index (χ4n) is 3.50. The van der Waals surface area contributed by atoms with Crippen molar-refractivity contribution < 1.29 is 19.1 Å². The third-order valence-corrected chi connectivity index (χ3v) is 4.66. The number of amides is 1. The molecule has 1 aliphatic heterocycles. The van der Waals surface area contributed by atoms with Gasteiger partial charge in [0.1, 0.15) is 11.7 Å². The second-order valence-electron chi connectivity index (χ2n) is 8.70. The van der Waals surface area contributed by atoms with Crippen molar-refractivity contribution in [3.05, 3.63) is 0 Å². The van der Waals surface area contributed by atoms with Gasteiger partial charge in [-0.25, -0.2) is 4.79 Å². The molecular weight excluding hydrogens is 326 g/mol. The van der Waals surface area contributed by atoms with Gasteiger partial charge >= 0.3 is 12.1 Å². The minimum Gasteiger partial charge on any atom is -0.462 e. The highest BCUT2D eigenvalue weighted by atomic mass is 32.2. The summed E-state index contributed by atoms with van der Waals surface area (Å²) >= 11 is 1.63. The molecule has 24 heavy (non-hydrogen) atoms. The summed E-state index contributed by atoms with van der Waals surface area (Å²) in [5.74, 6) is 0.606. The average molecular weight is 360 g/mol. The molecule has 0 aromatic rings. The Bertz CT molecular complexity index is 450. The van der Waals surface area contributed by atoms with Gasteiger partial charge < -0.3 is 9.47 Å². The molecular formula is C18H33NO4S. The zero-order valence-electron chi connectivity index (χ0n) is 16.4. The van der Waals surface area contributed by atoms with Gasteiger partial charge in [-0.05, 0) is 54.7 Å². The van der Waals surface area contributed by atoms with E-state index in [0.717, 1.165) is 5.75 Å². The number of likely N-dealkylation sites (tertiary alicyclic amines) is 1. The second kappa shape index (κ2) is 7.54. The van der Waals surface area contributed by atoms with E-state index in [1.54, 1.807) is 16.7 Å². The van der Waals surface area contributed by atoms with Crippen LogP contribution in [0.4, 0.5) is 4.79 Å². The fraction of sp³-hybridized carbons (Fsp3) is 0.889. The molecule has 0 bridgehead atoms. The first kappa shape index (κ1) is 21.1. The van der Waals surface area contributed by atoms with Crippen LogP contribution in [-0.2, 0) is 14.3 Å². The Hall–Kier alpha value is -0.910. The fourth-order valence-corrected chi connectivity index (χ4v) is 3.87. The molecule has 1 amide bonds. The summed E-state index contributed by atoms with van der Waals surface area (Å²) in [7, 11) is 0. The van der Waals surface area contributed by atoms with Crippen LogP contribution >= 0.6 is 11.8 Å². The summed E-state index contributed by atoms with van der Waals surface area (Å²) in [6.45, 7) is 13.6. The van der Waals surface area contributed by atoms with Gasteiger partial charge in [0.2, 0.25) is 0 Å². The highest BCUT2D eigenvalue weighted by Gasteiger charge is 2.50. The van der Waals surface area contributed by atoms with Gasteiger partial charge in [-0.3, -0.25) is 9.69 Å². The molecule has 1 aliphatic rings. The maximum Gasteiger partial charge on any atom is 0.411 e. The minimum absolute atomic E-state index is 0.160. The largest absolute Gasteiger partial charge is 0.462 e. The van der Waals surface area contributed by atoms with Crippen LogP contribution < -0.4 is 0 Å². The normalized spacial score (nSPS) is 20.6. The summed E-state index contributed by atoms with van der Waals surface area (Å²) in [6.07, 6.45) is 3.13. The van der Waals surface area contributed by atoms with Gasteiger partial charge in [0.05, 0.1) is 6.42 Å². The highest BCUT2D eigenvalue weighted by molar-refractivity contribution is 7.98. The lowest BCUT2D eigenvalue weighted by Crippen LogP contribution is -2.65. The van der Waals surface area contributed by atoms with Crippen molar-refractivity contribution in [2.75, 3.05) is 12.0 Å². The van der Waals surface area contributed by atoms with Crippen LogP contribution in [0.25, 0.3) is 0 Å². The van der Waals surface area contributed by atoms with Gasteiger partial charge in [-0.15, -0.1) is 0 Å². The number of rotatable bonds is 4. The maximum atomic E-state index is 12.7. The van der Waals surface area contributed by atoms with Crippen LogP contribution in [0.2, 0.25) is 0 Å².